The molecule has 0 atom stereocenters. The van der Waals surface area contributed by atoms with E-state index in [1.165, 1.54) is 7.05 Å². The fourth-order valence-corrected chi connectivity index (χ4v) is 2.05. The second kappa shape index (κ2) is 4.80. The van der Waals surface area contributed by atoms with Crippen molar-refractivity contribution in [3.8, 4) is 5.75 Å². The van der Waals surface area contributed by atoms with Gasteiger partial charge < -0.3 is 10.4 Å². The van der Waals surface area contributed by atoms with Crippen LogP contribution in [0.3, 0.4) is 0 Å². The molecule has 0 bridgehead atoms. The third-order valence-corrected chi connectivity index (χ3v) is 3.23. The summed E-state index contributed by atoms with van der Waals surface area (Å²) in [7, 11) is -2.25. The molecule has 5 nitrogen and oxygen atoms in total. The number of hydrogen-bond donors (Lipinski definition) is 2. The summed E-state index contributed by atoms with van der Waals surface area (Å²) in [5, 5.41) is 12.0. The van der Waals surface area contributed by atoms with E-state index >= 15 is 0 Å². The second-order valence-electron chi connectivity index (χ2n) is 3.50. The van der Waals surface area contributed by atoms with E-state index < -0.39 is 32.1 Å². The van der Waals surface area contributed by atoms with Gasteiger partial charge in [0.25, 0.3) is 0 Å². The standard InChI is InChI=1S/C10H12FNO4S/c1-12-5-7(13)6-3-4-8(17(2,15)16)9(11)10(6)14/h3-4,12,14H,5H2,1-2H3. The highest BCUT2D eigenvalue weighted by Crippen LogP contribution is 2.27. The number of ketones is 1. The lowest BCUT2D eigenvalue weighted by Crippen LogP contribution is -2.19. The number of rotatable bonds is 4. The fraction of sp³-hybridized carbons (Fsp3) is 0.300. The Hall–Kier alpha value is -1.47. The highest BCUT2D eigenvalue weighted by atomic mass is 32.2. The van der Waals surface area contributed by atoms with Crippen molar-refractivity contribution in [2.45, 2.75) is 4.90 Å². The Morgan fingerprint density at radius 3 is 2.53 bits per heavy atom. The summed E-state index contributed by atoms with van der Waals surface area (Å²) in [6.07, 6.45) is 0.819. The smallest absolute Gasteiger partial charge is 0.184 e. The molecule has 0 amide bonds. The van der Waals surface area contributed by atoms with E-state index in [-0.39, 0.29) is 12.1 Å². The Kier molecular flexibility index (Phi) is 3.84. The van der Waals surface area contributed by atoms with Crippen LogP contribution >= 0.6 is 0 Å². The van der Waals surface area contributed by atoms with Crippen molar-refractivity contribution in [1.29, 1.82) is 0 Å². The van der Waals surface area contributed by atoms with Gasteiger partial charge in [-0.1, -0.05) is 0 Å². The normalized spacial score (nSPS) is 11.5. The van der Waals surface area contributed by atoms with E-state index in [1.807, 2.05) is 0 Å². The summed E-state index contributed by atoms with van der Waals surface area (Å²) in [5.41, 5.74) is -0.246. The van der Waals surface area contributed by atoms with Crippen LogP contribution in [-0.2, 0) is 9.84 Å². The number of likely N-dealkylation sites (N-methyl/N-ethyl adjacent to an activating group) is 1. The minimum atomic E-state index is -3.77. The van der Waals surface area contributed by atoms with Crippen molar-refractivity contribution < 1.29 is 22.7 Å². The van der Waals surface area contributed by atoms with Crippen molar-refractivity contribution in [3.63, 3.8) is 0 Å². The molecule has 1 rings (SSSR count). The molecule has 0 aromatic heterocycles. The van der Waals surface area contributed by atoms with Crippen molar-refractivity contribution in [2.75, 3.05) is 19.8 Å². The van der Waals surface area contributed by atoms with Crippen molar-refractivity contribution in [2.24, 2.45) is 0 Å². The van der Waals surface area contributed by atoms with Gasteiger partial charge in [-0.3, -0.25) is 4.79 Å². The lowest BCUT2D eigenvalue weighted by atomic mass is 10.1. The van der Waals surface area contributed by atoms with Crippen LogP contribution < -0.4 is 5.32 Å². The van der Waals surface area contributed by atoms with Gasteiger partial charge in [-0.25, -0.2) is 12.8 Å². The molecule has 0 aliphatic heterocycles. The average molecular weight is 261 g/mol. The first-order chi connectivity index (χ1) is 7.79. The number of phenols is 1. The molecule has 1 aromatic carbocycles. The predicted octanol–water partition coefficient (Wildman–Crippen LogP) is 0.337. The lowest BCUT2D eigenvalue weighted by Gasteiger charge is -2.07. The summed E-state index contributed by atoms with van der Waals surface area (Å²) in [4.78, 5) is 10.8. The molecule has 17 heavy (non-hydrogen) atoms. The number of aromatic hydroxyl groups is 1. The highest BCUT2D eigenvalue weighted by Gasteiger charge is 2.22. The molecule has 0 radical (unpaired) electrons. The van der Waals surface area contributed by atoms with Gasteiger partial charge >= 0.3 is 0 Å². The fourth-order valence-electron chi connectivity index (χ4n) is 1.31. The largest absolute Gasteiger partial charge is 0.504 e. The Labute approximate surface area is 98.2 Å². The quantitative estimate of drug-likeness (QED) is 0.763. The van der Waals surface area contributed by atoms with Crippen LogP contribution in [0, 0.1) is 5.82 Å². The average Bonchev–Trinajstić information content (AvgIpc) is 2.20. The number of benzene rings is 1. The molecule has 7 heteroatoms. The van der Waals surface area contributed by atoms with Gasteiger partial charge in [0.1, 0.15) is 4.90 Å². The summed E-state index contributed by atoms with van der Waals surface area (Å²) >= 11 is 0. The molecular weight excluding hydrogens is 249 g/mol. The molecule has 0 unspecified atom stereocenters. The van der Waals surface area contributed by atoms with E-state index in [0.717, 1.165) is 18.4 Å². The minimum Gasteiger partial charge on any atom is -0.504 e. The van der Waals surface area contributed by atoms with Gasteiger partial charge in [0.05, 0.1) is 12.1 Å². The molecule has 0 heterocycles. The zero-order valence-electron chi connectivity index (χ0n) is 9.32. The first-order valence-corrected chi connectivity index (χ1v) is 6.57. The van der Waals surface area contributed by atoms with Crippen molar-refractivity contribution >= 4 is 15.6 Å². The molecule has 0 aliphatic carbocycles. The SMILES string of the molecule is CNCC(=O)c1ccc(S(C)(=O)=O)c(F)c1O. The molecule has 2 N–H and O–H groups in total. The van der Waals surface area contributed by atoms with Crippen LogP contribution in [0.25, 0.3) is 0 Å². The van der Waals surface area contributed by atoms with E-state index in [1.54, 1.807) is 0 Å². The van der Waals surface area contributed by atoms with Gasteiger partial charge in [-0.2, -0.15) is 0 Å². The van der Waals surface area contributed by atoms with Crippen LogP contribution in [-0.4, -0.2) is 39.2 Å². The number of halogens is 1. The molecule has 0 saturated heterocycles. The first-order valence-electron chi connectivity index (χ1n) is 4.68. The molecule has 1 aromatic rings. The molecule has 94 valence electrons. The van der Waals surface area contributed by atoms with Gasteiger partial charge in [-0.15, -0.1) is 0 Å². The van der Waals surface area contributed by atoms with Gasteiger partial charge in [0, 0.05) is 6.26 Å². The third kappa shape index (κ3) is 2.80. The monoisotopic (exact) mass is 261 g/mol. The summed E-state index contributed by atoms with van der Waals surface area (Å²) in [5.74, 6) is -2.76. The van der Waals surface area contributed by atoms with Crippen LogP contribution in [0.15, 0.2) is 17.0 Å². The first kappa shape index (κ1) is 13.6. The van der Waals surface area contributed by atoms with Gasteiger partial charge in [0.15, 0.2) is 27.2 Å². The van der Waals surface area contributed by atoms with E-state index in [0.29, 0.717) is 0 Å². The van der Waals surface area contributed by atoms with Crippen molar-refractivity contribution in [1.82, 2.24) is 5.32 Å². The topological polar surface area (TPSA) is 83.5 Å². The number of carbonyl (C=O) groups excluding carboxylic acids is 1. The number of carbonyl (C=O) groups is 1. The number of Topliss-reactive ketones (excluding diaryl/α,β-unsaturated/α-hetero) is 1. The molecule has 0 fully saturated rings. The maximum absolute atomic E-state index is 13.6. The Morgan fingerprint density at radius 2 is 2.06 bits per heavy atom. The number of nitrogens with one attached hydrogen (secondary N) is 1. The van der Waals surface area contributed by atoms with Crippen LogP contribution in [0.4, 0.5) is 4.39 Å². The molecule has 0 aliphatic rings. The van der Waals surface area contributed by atoms with Crippen LogP contribution in [0.2, 0.25) is 0 Å². The molecular formula is C10H12FNO4S. The maximum atomic E-state index is 13.6. The van der Waals surface area contributed by atoms with E-state index in [9.17, 15) is 22.7 Å². The second-order valence-corrected chi connectivity index (χ2v) is 5.48. The van der Waals surface area contributed by atoms with Gasteiger partial charge in [0.2, 0.25) is 0 Å². The zero-order chi connectivity index (χ0) is 13.2. The van der Waals surface area contributed by atoms with Crippen LogP contribution in [0.5, 0.6) is 5.75 Å². The van der Waals surface area contributed by atoms with Crippen molar-refractivity contribution in [3.05, 3.63) is 23.5 Å². The number of phenolic OH excluding ortho intramolecular Hbond substituents is 1. The molecule has 0 spiro atoms. The van der Waals surface area contributed by atoms with E-state index in [2.05, 4.69) is 5.32 Å². The molecule has 0 saturated carbocycles. The Balaban J connectivity index is 3.34. The summed E-state index contributed by atoms with van der Waals surface area (Å²) in [6.45, 7) is -0.0782. The third-order valence-electron chi connectivity index (χ3n) is 2.12. The Morgan fingerprint density at radius 1 is 1.47 bits per heavy atom. The van der Waals surface area contributed by atoms with Crippen LogP contribution in [0.1, 0.15) is 10.4 Å². The lowest BCUT2D eigenvalue weighted by molar-refractivity contribution is 0.0990. The zero-order valence-corrected chi connectivity index (χ0v) is 10.1. The van der Waals surface area contributed by atoms with Gasteiger partial charge in [-0.05, 0) is 19.2 Å². The maximum Gasteiger partial charge on any atom is 0.184 e. The predicted molar refractivity (Wildman–Crippen MR) is 59.4 cm³/mol. The Bertz CT molecular complexity index is 554. The number of sulfone groups is 1. The summed E-state index contributed by atoms with van der Waals surface area (Å²) < 4.78 is 35.9. The highest BCUT2D eigenvalue weighted by molar-refractivity contribution is 7.90. The minimum absolute atomic E-state index is 0.0782. The summed E-state index contributed by atoms with van der Waals surface area (Å²) in [6, 6.07) is 2.06. The van der Waals surface area contributed by atoms with E-state index in [4.69, 9.17) is 0 Å². The number of hydrogen-bond acceptors (Lipinski definition) is 5.